The number of carbonyl (C=O) groups excluding carboxylic acids is 1. The number of nitrogens with one attached hydrogen (secondary N) is 2. The molecule has 2 aromatic carbocycles. The quantitative estimate of drug-likeness (QED) is 0.744. The van der Waals surface area contributed by atoms with E-state index in [-0.39, 0.29) is 17.7 Å². The molecular formula is C19H21BrN2O2. The number of ether oxygens (including phenoxy) is 1. The Balaban J connectivity index is 1.80. The maximum atomic E-state index is 12.5. The van der Waals surface area contributed by atoms with Gasteiger partial charge in [0.05, 0.1) is 6.04 Å². The van der Waals surface area contributed by atoms with Crippen molar-refractivity contribution >= 4 is 27.6 Å². The third kappa shape index (κ3) is 3.73. The number of benzene rings is 2. The second kappa shape index (κ2) is 6.48. The maximum Gasteiger partial charge on any atom is 0.319 e. The average Bonchev–Trinajstić information content (AvgIpc) is 2.49. The topological polar surface area (TPSA) is 50.4 Å². The molecule has 2 aromatic rings. The molecule has 0 fully saturated rings. The van der Waals surface area contributed by atoms with Gasteiger partial charge in [-0.3, -0.25) is 0 Å². The van der Waals surface area contributed by atoms with Gasteiger partial charge in [0, 0.05) is 22.1 Å². The summed E-state index contributed by atoms with van der Waals surface area (Å²) in [6.45, 7) is 6.04. The second-order valence-electron chi connectivity index (χ2n) is 6.71. The summed E-state index contributed by atoms with van der Waals surface area (Å²) >= 11 is 3.49. The van der Waals surface area contributed by atoms with Crippen molar-refractivity contribution in [2.75, 3.05) is 5.32 Å². The zero-order valence-corrected chi connectivity index (χ0v) is 15.6. The minimum absolute atomic E-state index is 0.106. The molecule has 0 spiro atoms. The van der Waals surface area contributed by atoms with Crippen molar-refractivity contribution in [3.63, 3.8) is 0 Å². The number of para-hydroxylation sites is 1. The number of urea groups is 1. The van der Waals surface area contributed by atoms with Crippen LogP contribution in [-0.4, -0.2) is 11.6 Å². The van der Waals surface area contributed by atoms with Crippen molar-refractivity contribution in [2.24, 2.45) is 0 Å². The number of aryl methyl sites for hydroxylation is 1. The van der Waals surface area contributed by atoms with E-state index in [2.05, 4.69) is 26.6 Å². The molecule has 4 nitrogen and oxygen atoms in total. The molecule has 24 heavy (non-hydrogen) atoms. The minimum atomic E-state index is -0.332. The van der Waals surface area contributed by atoms with E-state index in [9.17, 15) is 4.79 Å². The SMILES string of the molecule is Cc1ccccc1NC(=O)NC1CC(C)(C)Oc2ccc(Br)cc21. The summed E-state index contributed by atoms with van der Waals surface area (Å²) in [5.74, 6) is 0.815. The summed E-state index contributed by atoms with van der Waals surface area (Å²) in [6.07, 6.45) is 0.706. The Labute approximate surface area is 150 Å². The lowest BCUT2D eigenvalue weighted by Crippen LogP contribution is -2.42. The highest BCUT2D eigenvalue weighted by atomic mass is 79.9. The summed E-state index contributed by atoms with van der Waals surface area (Å²) < 4.78 is 7.00. The number of halogens is 1. The number of hydrogen-bond donors (Lipinski definition) is 2. The Morgan fingerprint density at radius 3 is 2.75 bits per heavy atom. The van der Waals surface area contributed by atoms with Gasteiger partial charge < -0.3 is 15.4 Å². The molecule has 2 amide bonds. The number of carbonyl (C=O) groups is 1. The largest absolute Gasteiger partial charge is 0.487 e. The van der Waals surface area contributed by atoms with Crippen LogP contribution in [0.2, 0.25) is 0 Å². The van der Waals surface area contributed by atoms with E-state index >= 15 is 0 Å². The highest BCUT2D eigenvalue weighted by Crippen LogP contribution is 2.40. The van der Waals surface area contributed by atoms with Crippen LogP contribution in [0.15, 0.2) is 46.9 Å². The van der Waals surface area contributed by atoms with Crippen molar-refractivity contribution in [3.05, 3.63) is 58.1 Å². The van der Waals surface area contributed by atoms with Crippen LogP contribution in [0.1, 0.15) is 37.4 Å². The highest BCUT2D eigenvalue weighted by Gasteiger charge is 2.34. The smallest absolute Gasteiger partial charge is 0.319 e. The molecule has 0 bridgehead atoms. The summed E-state index contributed by atoms with van der Waals surface area (Å²) in [4.78, 5) is 12.5. The molecule has 0 saturated carbocycles. The van der Waals surface area contributed by atoms with E-state index in [1.807, 2.05) is 63.2 Å². The molecule has 1 unspecified atom stereocenters. The number of amides is 2. The Morgan fingerprint density at radius 1 is 1.25 bits per heavy atom. The predicted molar refractivity (Wildman–Crippen MR) is 99.5 cm³/mol. The van der Waals surface area contributed by atoms with E-state index in [1.165, 1.54) is 0 Å². The molecule has 3 rings (SSSR count). The van der Waals surface area contributed by atoms with Crippen molar-refractivity contribution < 1.29 is 9.53 Å². The lowest BCUT2D eigenvalue weighted by Gasteiger charge is -2.38. The fourth-order valence-electron chi connectivity index (χ4n) is 2.98. The first kappa shape index (κ1) is 16.8. The van der Waals surface area contributed by atoms with Gasteiger partial charge in [-0.2, -0.15) is 0 Å². The summed E-state index contributed by atoms with van der Waals surface area (Å²) in [6, 6.07) is 13.3. The first-order valence-electron chi connectivity index (χ1n) is 7.96. The van der Waals surface area contributed by atoms with Gasteiger partial charge in [-0.05, 0) is 50.6 Å². The number of hydrogen-bond acceptors (Lipinski definition) is 2. The Morgan fingerprint density at radius 2 is 2.00 bits per heavy atom. The average molecular weight is 389 g/mol. The first-order chi connectivity index (χ1) is 11.3. The van der Waals surface area contributed by atoms with Gasteiger partial charge in [-0.15, -0.1) is 0 Å². The standard InChI is InChI=1S/C19H21BrN2O2/c1-12-6-4-5-7-15(12)21-18(23)22-16-11-19(2,3)24-17-9-8-13(20)10-14(16)17/h4-10,16H,11H2,1-3H3,(H2,21,22,23). The van der Waals surface area contributed by atoms with Crippen LogP contribution in [0.5, 0.6) is 5.75 Å². The molecular weight excluding hydrogens is 368 g/mol. The molecule has 2 N–H and O–H groups in total. The third-order valence-corrected chi connectivity index (χ3v) is 4.62. The fraction of sp³-hybridized carbons (Fsp3) is 0.316. The summed E-state index contributed by atoms with van der Waals surface area (Å²) in [5.41, 5.74) is 2.50. The second-order valence-corrected chi connectivity index (χ2v) is 7.63. The minimum Gasteiger partial charge on any atom is -0.487 e. The van der Waals surface area contributed by atoms with Gasteiger partial charge in [0.25, 0.3) is 0 Å². The zero-order valence-electron chi connectivity index (χ0n) is 14.0. The molecule has 5 heteroatoms. The van der Waals surface area contributed by atoms with Crippen LogP contribution in [-0.2, 0) is 0 Å². The van der Waals surface area contributed by atoms with Crippen molar-refractivity contribution in [1.29, 1.82) is 0 Å². The van der Waals surface area contributed by atoms with Gasteiger partial charge in [-0.1, -0.05) is 34.1 Å². The third-order valence-electron chi connectivity index (χ3n) is 4.13. The summed E-state index contributed by atoms with van der Waals surface area (Å²) in [5, 5.41) is 6.01. The normalized spacial score (nSPS) is 18.2. The van der Waals surface area contributed by atoms with E-state index in [1.54, 1.807) is 0 Å². The Hall–Kier alpha value is -2.01. The van der Waals surface area contributed by atoms with Crippen LogP contribution < -0.4 is 15.4 Å². The van der Waals surface area contributed by atoms with Gasteiger partial charge in [-0.25, -0.2) is 4.79 Å². The van der Waals surface area contributed by atoms with Gasteiger partial charge in [0.15, 0.2) is 0 Å². The van der Waals surface area contributed by atoms with Crippen LogP contribution in [0.4, 0.5) is 10.5 Å². The van der Waals surface area contributed by atoms with Crippen molar-refractivity contribution in [1.82, 2.24) is 5.32 Å². The van der Waals surface area contributed by atoms with E-state index in [0.717, 1.165) is 27.0 Å². The van der Waals surface area contributed by atoms with Gasteiger partial charge in [0.1, 0.15) is 11.4 Å². The molecule has 1 aliphatic rings. The predicted octanol–water partition coefficient (Wildman–Crippen LogP) is 5.18. The molecule has 0 aliphatic carbocycles. The molecule has 0 aromatic heterocycles. The Bertz CT molecular complexity index is 774. The molecule has 0 radical (unpaired) electrons. The zero-order chi connectivity index (χ0) is 17.3. The Kier molecular flexibility index (Phi) is 4.54. The summed E-state index contributed by atoms with van der Waals surface area (Å²) in [7, 11) is 0. The van der Waals surface area contributed by atoms with Crippen molar-refractivity contribution in [3.8, 4) is 5.75 Å². The monoisotopic (exact) mass is 388 g/mol. The highest BCUT2D eigenvalue weighted by molar-refractivity contribution is 9.10. The van der Waals surface area contributed by atoms with Crippen LogP contribution in [0.25, 0.3) is 0 Å². The number of rotatable bonds is 2. The van der Waals surface area contributed by atoms with E-state index in [4.69, 9.17) is 4.74 Å². The molecule has 0 saturated heterocycles. The van der Waals surface area contributed by atoms with Crippen LogP contribution in [0, 0.1) is 6.92 Å². The lowest BCUT2D eigenvalue weighted by molar-refractivity contribution is 0.0682. The van der Waals surface area contributed by atoms with E-state index in [0.29, 0.717) is 6.42 Å². The van der Waals surface area contributed by atoms with Crippen LogP contribution in [0.3, 0.4) is 0 Å². The number of anilines is 1. The first-order valence-corrected chi connectivity index (χ1v) is 8.75. The molecule has 1 aliphatic heterocycles. The lowest BCUT2D eigenvalue weighted by atomic mass is 9.90. The molecule has 126 valence electrons. The number of fused-ring (bicyclic) bond motifs is 1. The molecule has 1 atom stereocenters. The molecule has 1 heterocycles. The van der Waals surface area contributed by atoms with Crippen LogP contribution >= 0.6 is 15.9 Å². The fourth-order valence-corrected chi connectivity index (χ4v) is 3.36. The van der Waals surface area contributed by atoms with Gasteiger partial charge in [0.2, 0.25) is 0 Å². The van der Waals surface area contributed by atoms with E-state index < -0.39 is 0 Å². The van der Waals surface area contributed by atoms with Crippen molar-refractivity contribution in [2.45, 2.75) is 38.8 Å². The maximum absolute atomic E-state index is 12.5. The van der Waals surface area contributed by atoms with Gasteiger partial charge >= 0.3 is 6.03 Å².